The molecule has 20 heavy (non-hydrogen) atoms. The van der Waals surface area contributed by atoms with Gasteiger partial charge in [0.15, 0.2) is 5.82 Å². The molecule has 0 amide bonds. The van der Waals surface area contributed by atoms with E-state index in [0.717, 1.165) is 49.9 Å². The summed E-state index contributed by atoms with van der Waals surface area (Å²) in [5, 5.41) is 11.2. The van der Waals surface area contributed by atoms with Gasteiger partial charge in [0.1, 0.15) is 5.75 Å². The van der Waals surface area contributed by atoms with E-state index >= 15 is 0 Å². The smallest absolute Gasteiger partial charge is 0.154 e. The second-order valence-corrected chi connectivity index (χ2v) is 5.34. The number of H-pyrrole nitrogens is 1. The van der Waals surface area contributed by atoms with Crippen LogP contribution in [0.3, 0.4) is 0 Å². The van der Waals surface area contributed by atoms with Crippen LogP contribution in [0, 0.1) is 0 Å². The normalized spacial score (nSPS) is 16.9. The molecule has 1 fully saturated rings. The van der Waals surface area contributed by atoms with Gasteiger partial charge in [0.2, 0.25) is 0 Å². The first-order valence-electron chi connectivity index (χ1n) is 7.07. The van der Waals surface area contributed by atoms with Crippen molar-refractivity contribution in [3.05, 3.63) is 29.3 Å². The molecule has 0 saturated carbocycles. The number of anilines is 1. The fraction of sp³-hybridized carbons (Fsp3) is 0.400. The Morgan fingerprint density at radius 1 is 1.25 bits per heavy atom. The summed E-state index contributed by atoms with van der Waals surface area (Å²) in [4.78, 5) is 2.37. The Bertz CT molecular complexity index is 643. The van der Waals surface area contributed by atoms with Gasteiger partial charge in [-0.25, -0.2) is 0 Å². The molecule has 2 aliphatic rings. The Kier molecular flexibility index (Phi) is 2.67. The van der Waals surface area contributed by atoms with Gasteiger partial charge in [-0.2, -0.15) is 5.10 Å². The molecule has 2 heterocycles. The van der Waals surface area contributed by atoms with Crippen molar-refractivity contribution in [2.75, 3.05) is 38.2 Å². The molecule has 1 aliphatic heterocycles. The van der Waals surface area contributed by atoms with Crippen LogP contribution in [0.4, 0.5) is 5.82 Å². The Morgan fingerprint density at radius 3 is 2.90 bits per heavy atom. The van der Waals surface area contributed by atoms with Gasteiger partial charge in [0.25, 0.3) is 0 Å². The Morgan fingerprint density at radius 2 is 2.10 bits per heavy atom. The zero-order chi connectivity index (χ0) is 13.5. The monoisotopic (exact) mass is 270 g/mol. The lowest BCUT2D eigenvalue weighted by atomic mass is 10.1. The summed E-state index contributed by atoms with van der Waals surface area (Å²) in [5.41, 5.74) is 5.07. The highest BCUT2D eigenvalue weighted by molar-refractivity contribution is 5.79. The first-order chi connectivity index (χ1) is 9.86. The maximum atomic E-state index is 5.32. The molecule has 2 aromatic rings. The van der Waals surface area contributed by atoms with Gasteiger partial charge >= 0.3 is 0 Å². The summed E-state index contributed by atoms with van der Waals surface area (Å²) in [6.07, 6.45) is 0.963. The second kappa shape index (κ2) is 4.52. The summed E-state index contributed by atoms with van der Waals surface area (Å²) < 4.78 is 5.32. The Balaban J connectivity index is 1.73. The maximum absolute atomic E-state index is 5.32. The molecule has 0 unspecified atom stereocenters. The van der Waals surface area contributed by atoms with Crippen LogP contribution in [-0.4, -0.2) is 43.5 Å². The van der Waals surface area contributed by atoms with Crippen LogP contribution in [0.25, 0.3) is 11.3 Å². The standard InChI is InChI=1S/C15H18N4O/c1-20-11-3-2-10-8-13-14(12(10)9-11)17-18-15(13)19-6-4-16-5-7-19/h2-3,9,16H,4-8H2,1H3,(H,17,18). The van der Waals surface area contributed by atoms with E-state index in [9.17, 15) is 0 Å². The van der Waals surface area contributed by atoms with E-state index in [2.05, 4.69) is 32.5 Å². The van der Waals surface area contributed by atoms with E-state index in [4.69, 9.17) is 4.74 Å². The molecule has 2 N–H and O–H groups in total. The number of aromatic nitrogens is 2. The van der Waals surface area contributed by atoms with E-state index < -0.39 is 0 Å². The number of hydrogen-bond acceptors (Lipinski definition) is 4. The number of hydrogen-bond donors (Lipinski definition) is 2. The van der Waals surface area contributed by atoms with Crippen LogP contribution in [-0.2, 0) is 6.42 Å². The third-order valence-electron chi connectivity index (χ3n) is 4.22. The predicted octanol–water partition coefficient (Wildman–Crippen LogP) is 1.40. The number of benzene rings is 1. The van der Waals surface area contributed by atoms with E-state index in [1.54, 1.807) is 7.11 Å². The van der Waals surface area contributed by atoms with E-state index in [1.165, 1.54) is 16.7 Å². The number of aromatic amines is 1. The highest BCUT2D eigenvalue weighted by Crippen LogP contribution is 2.41. The van der Waals surface area contributed by atoms with Gasteiger partial charge in [0.05, 0.1) is 12.8 Å². The van der Waals surface area contributed by atoms with Gasteiger partial charge in [0, 0.05) is 43.7 Å². The van der Waals surface area contributed by atoms with Gasteiger partial charge < -0.3 is 15.0 Å². The van der Waals surface area contributed by atoms with Crippen molar-refractivity contribution < 1.29 is 4.74 Å². The number of ether oxygens (including phenoxy) is 1. The van der Waals surface area contributed by atoms with Crippen LogP contribution < -0.4 is 15.0 Å². The number of methoxy groups -OCH3 is 1. The van der Waals surface area contributed by atoms with E-state index in [0.29, 0.717) is 0 Å². The van der Waals surface area contributed by atoms with Gasteiger partial charge in [-0.15, -0.1) is 0 Å². The molecule has 1 aromatic heterocycles. The predicted molar refractivity (Wildman–Crippen MR) is 78.5 cm³/mol. The van der Waals surface area contributed by atoms with Crippen molar-refractivity contribution in [1.82, 2.24) is 15.5 Å². The molecule has 0 radical (unpaired) electrons. The zero-order valence-corrected chi connectivity index (χ0v) is 11.6. The number of nitrogens with zero attached hydrogens (tertiary/aromatic N) is 2. The minimum Gasteiger partial charge on any atom is -0.497 e. The van der Waals surface area contributed by atoms with Gasteiger partial charge in [-0.3, -0.25) is 5.10 Å². The average Bonchev–Trinajstić information content (AvgIpc) is 3.06. The summed E-state index contributed by atoms with van der Waals surface area (Å²) in [6.45, 7) is 4.11. The maximum Gasteiger partial charge on any atom is 0.154 e. The molecular weight excluding hydrogens is 252 g/mol. The lowest BCUT2D eigenvalue weighted by Gasteiger charge is -2.28. The summed E-state index contributed by atoms with van der Waals surface area (Å²) in [7, 11) is 1.71. The van der Waals surface area contributed by atoms with Crippen LogP contribution in [0.2, 0.25) is 0 Å². The highest BCUT2D eigenvalue weighted by atomic mass is 16.5. The topological polar surface area (TPSA) is 53.2 Å². The number of fused-ring (bicyclic) bond motifs is 3. The van der Waals surface area contributed by atoms with Crippen molar-refractivity contribution in [1.29, 1.82) is 0 Å². The fourth-order valence-electron chi connectivity index (χ4n) is 3.14. The number of rotatable bonds is 2. The molecular formula is C15H18N4O. The van der Waals surface area contributed by atoms with Crippen LogP contribution in [0.1, 0.15) is 11.1 Å². The summed E-state index contributed by atoms with van der Waals surface area (Å²) in [6, 6.07) is 6.28. The molecule has 104 valence electrons. The fourth-order valence-corrected chi connectivity index (χ4v) is 3.14. The molecule has 0 bridgehead atoms. The molecule has 5 heteroatoms. The first-order valence-corrected chi connectivity index (χ1v) is 7.07. The van der Waals surface area contributed by atoms with Gasteiger partial charge in [-0.1, -0.05) is 6.07 Å². The summed E-state index contributed by atoms with van der Waals surface area (Å²) in [5.74, 6) is 2.02. The number of nitrogens with one attached hydrogen (secondary N) is 2. The van der Waals surface area contributed by atoms with Crippen molar-refractivity contribution in [2.45, 2.75) is 6.42 Å². The number of piperazine rings is 1. The van der Waals surface area contributed by atoms with Crippen molar-refractivity contribution in [3.63, 3.8) is 0 Å². The molecule has 5 nitrogen and oxygen atoms in total. The molecule has 1 saturated heterocycles. The van der Waals surface area contributed by atoms with Crippen LogP contribution in [0.15, 0.2) is 18.2 Å². The quantitative estimate of drug-likeness (QED) is 0.739. The SMILES string of the molecule is COc1ccc2c(c1)-c1[nH]nc(N3CCNCC3)c1C2. The largest absolute Gasteiger partial charge is 0.497 e. The molecule has 0 spiro atoms. The second-order valence-electron chi connectivity index (χ2n) is 5.34. The van der Waals surface area contributed by atoms with Crippen molar-refractivity contribution in [2.24, 2.45) is 0 Å². The summed E-state index contributed by atoms with van der Waals surface area (Å²) >= 11 is 0. The highest BCUT2D eigenvalue weighted by Gasteiger charge is 2.27. The van der Waals surface area contributed by atoms with E-state index in [-0.39, 0.29) is 0 Å². The zero-order valence-electron chi connectivity index (χ0n) is 11.6. The molecule has 1 aliphatic carbocycles. The molecule has 4 rings (SSSR count). The minimum absolute atomic E-state index is 0.898. The van der Waals surface area contributed by atoms with Crippen molar-refractivity contribution in [3.8, 4) is 17.0 Å². The Labute approximate surface area is 117 Å². The average molecular weight is 270 g/mol. The lowest BCUT2D eigenvalue weighted by molar-refractivity contribution is 0.415. The van der Waals surface area contributed by atoms with E-state index in [1.807, 2.05) is 6.07 Å². The lowest BCUT2D eigenvalue weighted by Crippen LogP contribution is -2.44. The Hall–Kier alpha value is -2.01. The third-order valence-corrected chi connectivity index (χ3v) is 4.22. The molecule has 0 atom stereocenters. The third kappa shape index (κ3) is 1.70. The molecule has 1 aromatic carbocycles. The minimum atomic E-state index is 0.898. The van der Waals surface area contributed by atoms with Crippen molar-refractivity contribution >= 4 is 5.82 Å². The first kappa shape index (κ1) is 11.8. The van der Waals surface area contributed by atoms with Gasteiger partial charge in [-0.05, 0) is 17.7 Å². The van der Waals surface area contributed by atoms with Crippen LogP contribution >= 0.6 is 0 Å². The van der Waals surface area contributed by atoms with Crippen LogP contribution in [0.5, 0.6) is 5.75 Å².